The summed E-state index contributed by atoms with van der Waals surface area (Å²) in [5, 5.41) is 15.8. The molecule has 0 radical (unpaired) electrons. The van der Waals surface area contributed by atoms with Gasteiger partial charge < -0.3 is 10.4 Å². The lowest BCUT2D eigenvalue weighted by molar-refractivity contribution is -0.119. The Morgan fingerprint density at radius 1 is 1.59 bits per heavy atom. The highest BCUT2D eigenvalue weighted by atomic mass is 19.1. The van der Waals surface area contributed by atoms with Crippen molar-refractivity contribution in [3.05, 3.63) is 23.6 Å². The number of anilines is 1. The van der Waals surface area contributed by atoms with E-state index in [1.807, 2.05) is 0 Å². The lowest BCUT2D eigenvalue weighted by Gasteiger charge is -2.21. The van der Waals surface area contributed by atoms with Crippen LogP contribution in [0, 0.1) is 5.95 Å². The molecule has 2 aromatic rings. The highest BCUT2D eigenvalue weighted by molar-refractivity contribution is 6.06. The number of benzene rings is 1. The lowest BCUT2D eigenvalue weighted by atomic mass is 10.1. The van der Waals surface area contributed by atoms with Crippen LogP contribution in [0.25, 0.3) is 10.9 Å². The molecule has 1 aliphatic rings. The highest BCUT2D eigenvalue weighted by Gasteiger charge is 2.28. The van der Waals surface area contributed by atoms with Crippen molar-refractivity contribution in [1.29, 1.82) is 0 Å². The van der Waals surface area contributed by atoms with Gasteiger partial charge in [-0.25, -0.2) is 4.68 Å². The minimum absolute atomic E-state index is 0.209. The second-order valence-corrected chi connectivity index (χ2v) is 4.10. The van der Waals surface area contributed by atoms with Gasteiger partial charge in [-0.3, -0.25) is 4.79 Å². The minimum Gasteiger partial charge on any atom is -0.392 e. The molecule has 2 N–H and O–H groups in total. The number of nitrogens with zero attached hydrogens (tertiary/aromatic N) is 2. The van der Waals surface area contributed by atoms with Gasteiger partial charge >= 0.3 is 0 Å². The van der Waals surface area contributed by atoms with Gasteiger partial charge in [0.05, 0.1) is 23.2 Å². The number of carbonyl (C=O) groups is 1. The zero-order valence-corrected chi connectivity index (χ0v) is 9.07. The van der Waals surface area contributed by atoms with Crippen LogP contribution in [0.4, 0.5) is 10.1 Å². The van der Waals surface area contributed by atoms with E-state index >= 15 is 0 Å². The van der Waals surface area contributed by atoms with Crippen LogP contribution in [-0.2, 0) is 11.4 Å². The number of aromatic nitrogens is 2. The van der Waals surface area contributed by atoms with Crippen LogP contribution in [0.2, 0.25) is 0 Å². The van der Waals surface area contributed by atoms with Crippen LogP contribution in [0.3, 0.4) is 0 Å². The summed E-state index contributed by atoms with van der Waals surface area (Å²) in [6.07, 6.45) is 0. The van der Waals surface area contributed by atoms with Gasteiger partial charge in [0.2, 0.25) is 11.9 Å². The molecule has 1 atom stereocenters. The molecule has 6 heteroatoms. The fourth-order valence-corrected chi connectivity index (χ4v) is 2.11. The smallest absolute Gasteiger partial charge is 0.249 e. The summed E-state index contributed by atoms with van der Waals surface area (Å²) < 4.78 is 15.0. The number of hydrogen-bond acceptors (Lipinski definition) is 3. The summed E-state index contributed by atoms with van der Waals surface area (Å²) >= 11 is 0. The largest absolute Gasteiger partial charge is 0.392 e. The summed E-state index contributed by atoms with van der Waals surface area (Å²) in [6.45, 7) is 1.45. The zero-order chi connectivity index (χ0) is 12.2. The first-order valence-electron chi connectivity index (χ1n) is 5.24. The quantitative estimate of drug-likeness (QED) is 0.780. The summed E-state index contributed by atoms with van der Waals surface area (Å²) in [5.41, 5.74) is 1.60. The average Bonchev–Trinajstić information content (AvgIpc) is 2.65. The third kappa shape index (κ3) is 1.27. The fourth-order valence-electron chi connectivity index (χ4n) is 2.11. The Morgan fingerprint density at radius 3 is 3.06 bits per heavy atom. The summed E-state index contributed by atoms with van der Waals surface area (Å²) in [7, 11) is 0. The molecule has 1 aliphatic heterocycles. The Hall–Kier alpha value is -1.95. The zero-order valence-electron chi connectivity index (χ0n) is 9.07. The number of halogens is 1. The number of amides is 1. The third-order valence-corrected chi connectivity index (χ3v) is 3.00. The van der Waals surface area contributed by atoms with Crippen molar-refractivity contribution in [3.63, 3.8) is 0 Å². The van der Waals surface area contributed by atoms with Crippen molar-refractivity contribution < 1.29 is 14.3 Å². The van der Waals surface area contributed by atoms with E-state index in [0.29, 0.717) is 22.2 Å². The number of aliphatic hydroxyl groups is 1. The standard InChI is InChI=1S/C11H10FN3O2/c1-5-11(17)13-8-3-6(4-16)2-7-9(8)15(5)14-10(7)12/h2-3,5,16H,4H2,1H3,(H,13,17)/t5-/m0/s1. The van der Waals surface area contributed by atoms with E-state index in [0.717, 1.165) is 0 Å². The van der Waals surface area contributed by atoms with Gasteiger partial charge in [-0.1, -0.05) is 0 Å². The third-order valence-electron chi connectivity index (χ3n) is 3.00. The predicted octanol–water partition coefficient (Wildman–Crippen LogP) is 1.18. The second-order valence-electron chi connectivity index (χ2n) is 4.10. The number of aliphatic hydroxyl groups excluding tert-OH is 1. The van der Waals surface area contributed by atoms with Gasteiger partial charge in [0.1, 0.15) is 6.04 Å². The van der Waals surface area contributed by atoms with E-state index in [2.05, 4.69) is 10.4 Å². The van der Waals surface area contributed by atoms with Crippen LogP contribution < -0.4 is 5.32 Å². The van der Waals surface area contributed by atoms with Gasteiger partial charge in [-0.2, -0.15) is 4.39 Å². The molecule has 0 aliphatic carbocycles. The molecule has 5 nitrogen and oxygen atoms in total. The number of rotatable bonds is 1. The van der Waals surface area contributed by atoms with Crippen LogP contribution >= 0.6 is 0 Å². The molecule has 3 rings (SSSR count). The SMILES string of the molecule is C[C@H]1C(=O)Nc2cc(CO)cc3c(F)nn1c23. The van der Waals surface area contributed by atoms with Crippen molar-refractivity contribution in [1.82, 2.24) is 9.78 Å². The van der Waals surface area contributed by atoms with Gasteiger partial charge in [0.15, 0.2) is 0 Å². The summed E-state index contributed by atoms with van der Waals surface area (Å²) in [5.74, 6) is -0.864. The number of hydrogen-bond donors (Lipinski definition) is 2. The van der Waals surface area contributed by atoms with Crippen LogP contribution in [0.5, 0.6) is 0 Å². The predicted molar refractivity (Wildman–Crippen MR) is 59.0 cm³/mol. The molecule has 2 heterocycles. The molecule has 88 valence electrons. The Balaban J connectivity index is 2.40. The Labute approximate surface area is 95.8 Å². The lowest BCUT2D eigenvalue weighted by Crippen LogP contribution is -2.28. The van der Waals surface area contributed by atoms with Crippen molar-refractivity contribution in [2.75, 3.05) is 5.32 Å². The molecular weight excluding hydrogens is 225 g/mol. The Bertz CT molecular complexity index is 635. The average molecular weight is 235 g/mol. The van der Waals surface area contributed by atoms with Crippen molar-refractivity contribution in [2.45, 2.75) is 19.6 Å². The van der Waals surface area contributed by atoms with E-state index in [4.69, 9.17) is 5.11 Å². The molecule has 0 bridgehead atoms. The molecule has 0 unspecified atom stereocenters. The molecule has 1 aromatic heterocycles. The first kappa shape index (κ1) is 10.2. The first-order chi connectivity index (χ1) is 8.11. The van der Waals surface area contributed by atoms with Gasteiger partial charge in [0.25, 0.3) is 0 Å². The van der Waals surface area contributed by atoms with Crippen molar-refractivity contribution >= 4 is 22.5 Å². The maximum absolute atomic E-state index is 13.7. The molecule has 1 amide bonds. The van der Waals surface area contributed by atoms with Crippen LogP contribution in [-0.4, -0.2) is 20.8 Å². The first-order valence-corrected chi connectivity index (χ1v) is 5.24. The summed E-state index contributed by atoms with van der Waals surface area (Å²) in [6, 6.07) is 2.64. The Morgan fingerprint density at radius 2 is 2.35 bits per heavy atom. The maximum Gasteiger partial charge on any atom is 0.249 e. The van der Waals surface area contributed by atoms with Crippen LogP contribution in [0.1, 0.15) is 18.5 Å². The highest BCUT2D eigenvalue weighted by Crippen LogP contribution is 2.33. The van der Waals surface area contributed by atoms with Gasteiger partial charge in [0, 0.05) is 0 Å². The van der Waals surface area contributed by atoms with Crippen molar-refractivity contribution in [3.8, 4) is 0 Å². The molecule has 0 saturated heterocycles. The maximum atomic E-state index is 13.7. The fraction of sp³-hybridized carbons (Fsp3) is 0.273. The van der Waals surface area contributed by atoms with Gasteiger partial charge in [-0.05, 0) is 24.6 Å². The molecule has 0 spiro atoms. The topological polar surface area (TPSA) is 67.2 Å². The molecule has 1 aromatic carbocycles. The normalized spacial score (nSPS) is 18.5. The molecule has 0 saturated carbocycles. The second kappa shape index (κ2) is 3.27. The van der Waals surface area contributed by atoms with Gasteiger partial charge in [-0.15, -0.1) is 5.10 Å². The van der Waals surface area contributed by atoms with E-state index < -0.39 is 12.0 Å². The van der Waals surface area contributed by atoms with E-state index in [1.165, 1.54) is 4.68 Å². The minimum atomic E-state index is -0.625. The molecule has 17 heavy (non-hydrogen) atoms. The summed E-state index contributed by atoms with van der Waals surface area (Å²) in [4.78, 5) is 11.6. The Kier molecular flexibility index (Phi) is 1.97. The van der Waals surface area contributed by atoms with Crippen molar-refractivity contribution in [2.24, 2.45) is 0 Å². The van der Waals surface area contributed by atoms with E-state index in [9.17, 15) is 9.18 Å². The molecule has 0 fully saturated rings. The van der Waals surface area contributed by atoms with E-state index in [-0.39, 0.29) is 12.5 Å². The molecular formula is C11H10FN3O2. The number of carbonyl (C=O) groups excluding carboxylic acids is 1. The number of nitrogens with one attached hydrogen (secondary N) is 1. The van der Waals surface area contributed by atoms with E-state index in [1.54, 1.807) is 19.1 Å². The monoisotopic (exact) mass is 235 g/mol. The van der Waals surface area contributed by atoms with Crippen LogP contribution in [0.15, 0.2) is 12.1 Å².